The Balaban J connectivity index is 1.24. The number of thiazole rings is 1. The van der Waals surface area contributed by atoms with Gasteiger partial charge in [-0.25, -0.2) is 9.78 Å². The van der Waals surface area contributed by atoms with Gasteiger partial charge in [0.2, 0.25) is 0 Å². The molecule has 0 radical (unpaired) electrons. The van der Waals surface area contributed by atoms with E-state index in [1.54, 1.807) is 11.3 Å². The minimum atomic E-state index is -0.281. The third-order valence-electron chi connectivity index (χ3n) is 4.96. The average Bonchev–Trinajstić information content (AvgIpc) is 3.44. The molecule has 0 saturated heterocycles. The van der Waals surface area contributed by atoms with Gasteiger partial charge in [-0.3, -0.25) is 0 Å². The van der Waals surface area contributed by atoms with Gasteiger partial charge in [-0.05, 0) is 85.3 Å². The lowest BCUT2D eigenvalue weighted by molar-refractivity contribution is 0.262. The topological polar surface area (TPSA) is 59.0 Å². The van der Waals surface area contributed by atoms with E-state index in [2.05, 4.69) is 35.8 Å². The maximum atomic E-state index is 12.4. The molecule has 0 bridgehead atoms. The van der Waals surface area contributed by atoms with Gasteiger partial charge < -0.3 is 15.2 Å². The van der Waals surface area contributed by atoms with Crippen LogP contribution in [-0.2, 0) is 0 Å². The van der Waals surface area contributed by atoms with Crippen molar-refractivity contribution in [3.05, 3.63) is 96.8 Å². The fraction of sp³-hybridized carbons (Fsp3) is 0.0400. The molecule has 5 rings (SSSR count). The summed E-state index contributed by atoms with van der Waals surface area (Å²) in [5.41, 5.74) is 5.77. The summed E-state index contributed by atoms with van der Waals surface area (Å²) in [7, 11) is 0. The number of hydrogen-bond acceptors (Lipinski definition) is 3. The molecule has 0 fully saturated rings. The number of fused-ring (bicyclic) bond motifs is 1. The number of nitrogens with one attached hydrogen (secondary N) is 2. The van der Waals surface area contributed by atoms with Gasteiger partial charge in [-0.15, -0.1) is 11.3 Å². The summed E-state index contributed by atoms with van der Waals surface area (Å²) in [6.45, 7) is 2.08. The number of benzene rings is 3. The number of nitrogens with zero attached hydrogens (tertiary/aromatic N) is 2. The Morgan fingerprint density at radius 2 is 1.52 bits per heavy atom. The van der Waals surface area contributed by atoms with E-state index < -0.39 is 0 Å². The maximum absolute atomic E-state index is 12.4. The molecule has 0 saturated carbocycles. The molecule has 2 heterocycles. The van der Waals surface area contributed by atoms with Crippen molar-refractivity contribution < 1.29 is 4.79 Å². The van der Waals surface area contributed by atoms with Crippen LogP contribution >= 0.6 is 11.3 Å². The molecule has 2 amide bonds. The van der Waals surface area contributed by atoms with Crippen LogP contribution in [0.1, 0.15) is 5.56 Å². The summed E-state index contributed by atoms with van der Waals surface area (Å²) in [5.74, 6) is 0. The summed E-state index contributed by atoms with van der Waals surface area (Å²) >= 11 is 1.67. The maximum Gasteiger partial charge on any atom is 0.323 e. The Labute approximate surface area is 184 Å². The van der Waals surface area contributed by atoms with Crippen molar-refractivity contribution in [3.8, 4) is 16.3 Å². The third kappa shape index (κ3) is 4.20. The minimum absolute atomic E-state index is 0.281. The molecule has 0 atom stereocenters. The van der Waals surface area contributed by atoms with E-state index in [1.807, 2.05) is 77.6 Å². The Hall–Kier alpha value is -3.90. The summed E-state index contributed by atoms with van der Waals surface area (Å²) in [5, 5.41) is 6.71. The first-order valence-corrected chi connectivity index (χ1v) is 10.7. The third-order valence-corrected chi connectivity index (χ3v) is 6.03. The fourth-order valence-corrected chi connectivity index (χ4v) is 4.44. The molecule has 0 unspecified atom stereocenters. The van der Waals surface area contributed by atoms with Gasteiger partial charge in [0.25, 0.3) is 0 Å². The molecular weight excluding hydrogens is 404 g/mol. The van der Waals surface area contributed by atoms with E-state index in [4.69, 9.17) is 4.98 Å². The Kier molecular flexibility index (Phi) is 4.98. The molecule has 0 aliphatic carbocycles. The highest BCUT2D eigenvalue weighted by Gasteiger charge is 2.08. The van der Waals surface area contributed by atoms with Crippen LogP contribution in [0.15, 0.2) is 91.3 Å². The van der Waals surface area contributed by atoms with Crippen molar-refractivity contribution in [1.82, 2.24) is 9.55 Å². The van der Waals surface area contributed by atoms with Crippen molar-refractivity contribution in [2.75, 3.05) is 10.6 Å². The highest BCUT2D eigenvalue weighted by atomic mass is 32.1. The van der Waals surface area contributed by atoms with Gasteiger partial charge in [0, 0.05) is 35.0 Å². The van der Waals surface area contributed by atoms with Crippen molar-refractivity contribution in [3.63, 3.8) is 0 Å². The lowest BCUT2D eigenvalue weighted by Crippen LogP contribution is -2.19. The summed E-state index contributed by atoms with van der Waals surface area (Å²) in [6, 6.07) is 25.4. The molecule has 5 nitrogen and oxygen atoms in total. The van der Waals surface area contributed by atoms with Crippen LogP contribution in [0.2, 0.25) is 0 Å². The highest BCUT2D eigenvalue weighted by Crippen LogP contribution is 2.31. The average molecular weight is 425 g/mol. The highest BCUT2D eigenvalue weighted by molar-refractivity contribution is 7.21. The standard InChI is InChI=1S/C25H20N4OS/c1-17-4-13-22-23(16-17)31-24(28-22)18-5-7-19(8-6-18)26-25(30)27-20-9-11-21(12-10-20)29-14-2-3-15-29/h2-16H,1H3,(H2,26,27,30). The quantitative estimate of drug-likeness (QED) is 0.337. The molecule has 31 heavy (non-hydrogen) atoms. The Morgan fingerprint density at radius 1 is 0.871 bits per heavy atom. The van der Waals surface area contributed by atoms with Gasteiger partial charge in [-0.2, -0.15) is 0 Å². The second kappa shape index (κ2) is 8.08. The van der Waals surface area contributed by atoms with E-state index in [0.717, 1.165) is 33.1 Å². The number of carbonyl (C=O) groups is 1. The molecule has 5 aromatic rings. The normalized spacial score (nSPS) is 10.9. The largest absolute Gasteiger partial charge is 0.324 e. The summed E-state index contributed by atoms with van der Waals surface area (Å²) < 4.78 is 3.19. The molecule has 0 aliphatic heterocycles. The molecule has 0 spiro atoms. The smallest absolute Gasteiger partial charge is 0.323 e. The number of amides is 2. The van der Waals surface area contributed by atoms with E-state index in [9.17, 15) is 4.79 Å². The molecule has 0 aliphatic rings. The van der Waals surface area contributed by atoms with Crippen LogP contribution < -0.4 is 10.6 Å². The van der Waals surface area contributed by atoms with Crippen LogP contribution in [0.4, 0.5) is 16.2 Å². The predicted molar refractivity (Wildman–Crippen MR) is 128 cm³/mol. The number of aryl methyl sites for hydroxylation is 1. The molecule has 2 aromatic heterocycles. The molecule has 3 aromatic carbocycles. The first-order valence-electron chi connectivity index (χ1n) is 9.93. The Morgan fingerprint density at radius 3 is 2.19 bits per heavy atom. The van der Waals surface area contributed by atoms with Gasteiger partial charge in [0.1, 0.15) is 5.01 Å². The second-order valence-corrected chi connectivity index (χ2v) is 8.31. The number of rotatable bonds is 4. The van der Waals surface area contributed by atoms with Gasteiger partial charge in [-0.1, -0.05) is 6.07 Å². The molecule has 2 N–H and O–H groups in total. The predicted octanol–water partition coefficient (Wildman–Crippen LogP) is 6.71. The van der Waals surface area contributed by atoms with Gasteiger partial charge in [0.15, 0.2) is 0 Å². The minimum Gasteiger partial charge on any atom is -0.324 e. The van der Waals surface area contributed by atoms with E-state index in [-0.39, 0.29) is 6.03 Å². The van der Waals surface area contributed by atoms with Gasteiger partial charge >= 0.3 is 6.03 Å². The molecular formula is C25H20N4OS. The number of aromatic nitrogens is 2. The van der Waals surface area contributed by atoms with Crippen molar-refractivity contribution >= 4 is 39.0 Å². The van der Waals surface area contributed by atoms with Crippen LogP contribution in [0.3, 0.4) is 0 Å². The number of urea groups is 1. The Bertz CT molecular complexity index is 1340. The van der Waals surface area contributed by atoms with E-state index in [0.29, 0.717) is 0 Å². The SMILES string of the molecule is Cc1ccc2nc(-c3ccc(NC(=O)Nc4ccc(-n5cccc5)cc4)cc3)sc2c1. The zero-order chi connectivity index (χ0) is 21.2. The number of anilines is 2. The van der Waals surface area contributed by atoms with Gasteiger partial charge in [0.05, 0.1) is 10.2 Å². The lowest BCUT2D eigenvalue weighted by atomic mass is 10.2. The van der Waals surface area contributed by atoms with Crippen molar-refractivity contribution in [2.45, 2.75) is 6.92 Å². The first-order chi connectivity index (χ1) is 15.1. The van der Waals surface area contributed by atoms with Crippen LogP contribution in [0.5, 0.6) is 0 Å². The lowest BCUT2D eigenvalue weighted by Gasteiger charge is -2.09. The van der Waals surface area contributed by atoms with Crippen LogP contribution in [0, 0.1) is 6.92 Å². The molecule has 6 heteroatoms. The van der Waals surface area contributed by atoms with Crippen LogP contribution in [-0.4, -0.2) is 15.6 Å². The van der Waals surface area contributed by atoms with E-state index in [1.165, 1.54) is 10.3 Å². The monoisotopic (exact) mass is 424 g/mol. The summed E-state index contributed by atoms with van der Waals surface area (Å²) in [4.78, 5) is 17.1. The number of hydrogen-bond donors (Lipinski definition) is 2. The zero-order valence-electron chi connectivity index (χ0n) is 16.9. The van der Waals surface area contributed by atoms with E-state index >= 15 is 0 Å². The fourth-order valence-electron chi connectivity index (χ4n) is 3.37. The van der Waals surface area contributed by atoms with Crippen molar-refractivity contribution in [2.24, 2.45) is 0 Å². The molecule has 152 valence electrons. The van der Waals surface area contributed by atoms with Crippen LogP contribution in [0.25, 0.3) is 26.5 Å². The second-order valence-electron chi connectivity index (χ2n) is 7.28. The van der Waals surface area contributed by atoms with Crippen molar-refractivity contribution in [1.29, 1.82) is 0 Å². The summed E-state index contributed by atoms with van der Waals surface area (Å²) in [6.07, 6.45) is 3.96. The number of carbonyl (C=O) groups excluding carboxylic acids is 1. The first kappa shape index (κ1) is 19.1. The zero-order valence-corrected chi connectivity index (χ0v) is 17.7.